The molecule has 0 bridgehead atoms. The van der Waals surface area contributed by atoms with E-state index in [4.69, 9.17) is 9.63 Å². The number of pyridine rings is 1. The number of aromatic nitrogens is 3. The van der Waals surface area contributed by atoms with Crippen molar-refractivity contribution in [1.29, 1.82) is 0 Å². The summed E-state index contributed by atoms with van der Waals surface area (Å²) in [6, 6.07) is 8.78. The first-order valence-corrected chi connectivity index (χ1v) is 10.5. The molecule has 1 aromatic carbocycles. The molecular weight excluding hydrogens is 399 g/mol. The van der Waals surface area contributed by atoms with Crippen LogP contribution in [-0.4, -0.2) is 44.2 Å². The Labute approximate surface area is 179 Å². The zero-order chi connectivity index (χ0) is 22.0. The molecule has 1 aliphatic heterocycles. The molecule has 31 heavy (non-hydrogen) atoms. The third kappa shape index (κ3) is 4.64. The van der Waals surface area contributed by atoms with E-state index in [1.807, 2.05) is 24.0 Å². The third-order valence-corrected chi connectivity index (χ3v) is 5.60. The van der Waals surface area contributed by atoms with Gasteiger partial charge in [0.25, 0.3) is 5.89 Å². The Hall–Kier alpha value is -3.13. The lowest BCUT2D eigenvalue weighted by Crippen LogP contribution is -2.49. The highest BCUT2D eigenvalue weighted by Crippen LogP contribution is 2.26. The second-order valence-corrected chi connectivity index (χ2v) is 8.00. The summed E-state index contributed by atoms with van der Waals surface area (Å²) >= 11 is 0. The number of nitrogens with zero attached hydrogens (tertiary/aromatic N) is 4. The molecule has 1 aliphatic rings. The molecule has 0 radical (unpaired) electrons. The number of carbonyl (C=O) groups is 1. The predicted molar refractivity (Wildman–Crippen MR) is 113 cm³/mol. The van der Waals surface area contributed by atoms with Crippen molar-refractivity contribution in [3.8, 4) is 22.8 Å². The van der Waals surface area contributed by atoms with Gasteiger partial charge in [0.05, 0.1) is 11.6 Å². The summed E-state index contributed by atoms with van der Waals surface area (Å²) in [6.07, 6.45) is 2.67. The standard InChI is InChI=1S/C23H25FN4O3/c1-3-4-5-15-6-7-16(10-20(15)24)22-26-21(27-31-22)19-9-8-18(25-14(19)2)13-28-11-17(12-28)23(29)30/h6-10,17H,3-5,11-13H2,1-2H3,(H,29,30). The maximum Gasteiger partial charge on any atom is 0.309 e. The fourth-order valence-corrected chi connectivity index (χ4v) is 3.72. The Balaban J connectivity index is 1.46. The van der Waals surface area contributed by atoms with Crippen LogP contribution in [0.4, 0.5) is 4.39 Å². The van der Waals surface area contributed by atoms with E-state index in [0.29, 0.717) is 43.0 Å². The molecule has 0 unspecified atom stereocenters. The van der Waals surface area contributed by atoms with Gasteiger partial charge in [-0.05, 0) is 49.6 Å². The SMILES string of the molecule is CCCCc1ccc(-c2nc(-c3ccc(CN4CC(C(=O)O)C4)nc3C)no2)cc1F. The maximum absolute atomic E-state index is 14.4. The van der Waals surface area contributed by atoms with Gasteiger partial charge >= 0.3 is 5.97 Å². The largest absolute Gasteiger partial charge is 0.481 e. The minimum Gasteiger partial charge on any atom is -0.481 e. The second-order valence-electron chi connectivity index (χ2n) is 8.00. The average molecular weight is 424 g/mol. The van der Waals surface area contributed by atoms with Crippen LogP contribution in [0.15, 0.2) is 34.9 Å². The molecular formula is C23H25FN4O3. The molecule has 4 rings (SSSR count). The van der Waals surface area contributed by atoms with Gasteiger partial charge in [0, 0.05) is 36.5 Å². The van der Waals surface area contributed by atoms with E-state index in [-0.39, 0.29) is 17.6 Å². The van der Waals surface area contributed by atoms with E-state index in [1.54, 1.807) is 12.1 Å². The topological polar surface area (TPSA) is 92.4 Å². The Morgan fingerprint density at radius 2 is 2.06 bits per heavy atom. The number of rotatable bonds is 8. The minimum absolute atomic E-state index is 0.260. The van der Waals surface area contributed by atoms with Gasteiger partial charge in [0.1, 0.15) is 5.82 Å². The molecule has 0 saturated carbocycles. The van der Waals surface area contributed by atoms with E-state index in [0.717, 1.165) is 29.8 Å². The van der Waals surface area contributed by atoms with Gasteiger partial charge < -0.3 is 9.63 Å². The van der Waals surface area contributed by atoms with E-state index >= 15 is 0 Å². The van der Waals surface area contributed by atoms with Crippen molar-refractivity contribution in [3.63, 3.8) is 0 Å². The molecule has 0 aliphatic carbocycles. The smallest absolute Gasteiger partial charge is 0.309 e. The van der Waals surface area contributed by atoms with Crippen LogP contribution >= 0.6 is 0 Å². The van der Waals surface area contributed by atoms with Crippen molar-refractivity contribution in [2.45, 2.75) is 39.7 Å². The number of benzene rings is 1. The molecule has 0 spiro atoms. The summed E-state index contributed by atoms with van der Waals surface area (Å²) in [5.74, 6) is -0.636. The van der Waals surface area contributed by atoms with Crippen LogP contribution in [0.1, 0.15) is 36.7 Å². The van der Waals surface area contributed by atoms with Crippen molar-refractivity contribution < 1.29 is 18.8 Å². The van der Waals surface area contributed by atoms with Crippen molar-refractivity contribution >= 4 is 5.97 Å². The fraction of sp³-hybridized carbons (Fsp3) is 0.391. The lowest BCUT2D eigenvalue weighted by atomic mass is 10.0. The molecule has 1 N–H and O–H groups in total. The van der Waals surface area contributed by atoms with Crippen LogP contribution in [0.25, 0.3) is 22.8 Å². The highest BCUT2D eigenvalue weighted by molar-refractivity contribution is 5.71. The van der Waals surface area contributed by atoms with Crippen LogP contribution in [0.2, 0.25) is 0 Å². The number of unbranched alkanes of at least 4 members (excludes halogenated alkanes) is 1. The van der Waals surface area contributed by atoms with E-state index < -0.39 is 5.97 Å². The van der Waals surface area contributed by atoms with Gasteiger partial charge in [-0.1, -0.05) is 24.6 Å². The van der Waals surface area contributed by atoms with Crippen LogP contribution in [0.5, 0.6) is 0 Å². The molecule has 1 saturated heterocycles. The summed E-state index contributed by atoms with van der Waals surface area (Å²) in [5, 5.41) is 13.0. The Morgan fingerprint density at radius 3 is 2.74 bits per heavy atom. The van der Waals surface area contributed by atoms with Crippen LogP contribution in [-0.2, 0) is 17.8 Å². The van der Waals surface area contributed by atoms with Gasteiger partial charge in [-0.15, -0.1) is 0 Å². The van der Waals surface area contributed by atoms with Crippen molar-refractivity contribution in [3.05, 3.63) is 53.1 Å². The van der Waals surface area contributed by atoms with Crippen LogP contribution < -0.4 is 0 Å². The minimum atomic E-state index is -0.751. The van der Waals surface area contributed by atoms with Gasteiger partial charge in [0.15, 0.2) is 0 Å². The fourth-order valence-electron chi connectivity index (χ4n) is 3.72. The van der Waals surface area contributed by atoms with Gasteiger partial charge in [-0.3, -0.25) is 14.7 Å². The summed E-state index contributed by atoms with van der Waals surface area (Å²) < 4.78 is 19.7. The summed E-state index contributed by atoms with van der Waals surface area (Å²) in [7, 11) is 0. The normalized spacial score (nSPS) is 14.5. The monoisotopic (exact) mass is 424 g/mol. The molecule has 162 valence electrons. The molecule has 3 aromatic rings. The molecule has 8 heteroatoms. The highest BCUT2D eigenvalue weighted by Gasteiger charge is 2.32. The lowest BCUT2D eigenvalue weighted by Gasteiger charge is -2.36. The summed E-state index contributed by atoms with van der Waals surface area (Å²) in [6.45, 7) is 5.63. The summed E-state index contributed by atoms with van der Waals surface area (Å²) in [4.78, 5) is 22.0. The number of hydrogen-bond acceptors (Lipinski definition) is 6. The second kappa shape index (κ2) is 8.93. The van der Waals surface area contributed by atoms with E-state index in [9.17, 15) is 9.18 Å². The molecule has 7 nitrogen and oxygen atoms in total. The Kier molecular flexibility index (Phi) is 6.08. The van der Waals surface area contributed by atoms with Gasteiger partial charge in [-0.25, -0.2) is 4.39 Å². The van der Waals surface area contributed by atoms with Crippen molar-refractivity contribution in [2.75, 3.05) is 13.1 Å². The van der Waals surface area contributed by atoms with Gasteiger partial charge in [0.2, 0.25) is 5.82 Å². The average Bonchev–Trinajstić information content (AvgIpc) is 3.19. The number of aryl methyl sites for hydroxylation is 2. The highest BCUT2D eigenvalue weighted by atomic mass is 19.1. The zero-order valence-corrected chi connectivity index (χ0v) is 17.6. The number of aliphatic carboxylic acids is 1. The first-order valence-electron chi connectivity index (χ1n) is 10.5. The zero-order valence-electron chi connectivity index (χ0n) is 17.6. The lowest BCUT2D eigenvalue weighted by molar-refractivity contribution is -0.147. The van der Waals surface area contributed by atoms with Crippen LogP contribution in [0.3, 0.4) is 0 Å². The van der Waals surface area contributed by atoms with Crippen molar-refractivity contribution in [1.82, 2.24) is 20.0 Å². The summed E-state index contributed by atoms with van der Waals surface area (Å²) in [5.41, 5.74) is 3.59. The van der Waals surface area contributed by atoms with E-state index in [1.165, 1.54) is 6.07 Å². The number of hydrogen-bond donors (Lipinski definition) is 1. The number of halogens is 1. The molecule has 3 heterocycles. The number of likely N-dealkylation sites (tertiary alicyclic amines) is 1. The van der Waals surface area contributed by atoms with E-state index in [2.05, 4.69) is 22.0 Å². The predicted octanol–water partition coefficient (Wildman–Crippen LogP) is 4.11. The first-order chi connectivity index (χ1) is 14.9. The van der Waals surface area contributed by atoms with Crippen molar-refractivity contribution in [2.24, 2.45) is 5.92 Å². The quantitative estimate of drug-likeness (QED) is 0.582. The molecule has 0 atom stereocenters. The Morgan fingerprint density at radius 1 is 1.26 bits per heavy atom. The molecule has 0 amide bonds. The number of carboxylic acid groups (broad SMARTS) is 1. The van der Waals surface area contributed by atoms with Gasteiger partial charge in [-0.2, -0.15) is 4.98 Å². The maximum atomic E-state index is 14.4. The third-order valence-electron chi connectivity index (χ3n) is 5.60. The van der Waals surface area contributed by atoms with Crippen LogP contribution in [0, 0.1) is 18.7 Å². The number of carboxylic acids is 1. The molecule has 2 aromatic heterocycles. The Bertz CT molecular complexity index is 1090. The molecule has 1 fully saturated rings. The first kappa shape index (κ1) is 21.1.